The molecule has 0 spiro atoms. The average Bonchev–Trinajstić information content (AvgIpc) is 3.38. The van der Waals surface area contributed by atoms with Crippen molar-refractivity contribution < 1.29 is 22.3 Å². The zero-order valence-electron chi connectivity index (χ0n) is 12.7. The van der Waals surface area contributed by atoms with Gasteiger partial charge in [-0.15, -0.1) is 0 Å². The van der Waals surface area contributed by atoms with E-state index >= 15 is 0 Å². The van der Waals surface area contributed by atoms with E-state index in [1.165, 1.54) is 0 Å². The van der Waals surface area contributed by atoms with Gasteiger partial charge in [-0.3, -0.25) is 0 Å². The van der Waals surface area contributed by atoms with Crippen molar-refractivity contribution in [2.75, 3.05) is 6.54 Å². The van der Waals surface area contributed by atoms with Crippen LogP contribution >= 0.6 is 0 Å². The monoisotopic (exact) mass is 353 g/mol. The third kappa shape index (κ3) is 3.19. The molecular formula is C17H17F2NO3S. The SMILES string of the molecule is O=S(=O)(NCC(O)(c1ccccc1)C1CC1)c1c(F)cccc1F. The first-order valence-corrected chi connectivity index (χ1v) is 9.04. The van der Waals surface area contributed by atoms with Gasteiger partial charge in [0.2, 0.25) is 10.0 Å². The van der Waals surface area contributed by atoms with E-state index in [2.05, 4.69) is 4.72 Å². The second-order valence-electron chi connectivity index (χ2n) is 5.94. The lowest BCUT2D eigenvalue weighted by Crippen LogP contribution is -2.42. The van der Waals surface area contributed by atoms with Gasteiger partial charge in [-0.2, -0.15) is 0 Å². The summed E-state index contributed by atoms with van der Waals surface area (Å²) in [5.74, 6) is -2.43. The Morgan fingerprint density at radius 1 is 1.04 bits per heavy atom. The lowest BCUT2D eigenvalue weighted by molar-refractivity contribution is 0.0185. The molecule has 1 atom stereocenters. The topological polar surface area (TPSA) is 66.4 Å². The maximum absolute atomic E-state index is 13.7. The maximum atomic E-state index is 13.7. The number of hydrogen-bond acceptors (Lipinski definition) is 3. The molecule has 3 rings (SSSR count). The van der Waals surface area contributed by atoms with Crippen molar-refractivity contribution in [2.45, 2.75) is 23.3 Å². The van der Waals surface area contributed by atoms with E-state index in [4.69, 9.17) is 0 Å². The molecule has 0 amide bonds. The van der Waals surface area contributed by atoms with Gasteiger partial charge in [-0.05, 0) is 36.5 Å². The van der Waals surface area contributed by atoms with E-state index in [1.807, 2.05) is 0 Å². The van der Waals surface area contributed by atoms with Gasteiger partial charge >= 0.3 is 0 Å². The third-order valence-corrected chi connectivity index (χ3v) is 5.70. The molecule has 1 aliphatic carbocycles. The number of hydrogen-bond donors (Lipinski definition) is 2. The Labute approximate surface area is 139 Å². The van der Waals surface area contributed by atoms with E-state index < -0.39 is 32.2 Å². The van der Waals surface area contributed by atoms with Crippen LogP contribution in [0.3, 0.4) is 0 Å². The van der Waals surface area contributed by atoms with Crippen LogP contribution in [-0.2, 0) is 15.6 Å². The highest BCUT2D eigenvalue weighted by atomic mass is 32.2. The van der Waals surface area contributed by atoms with Crippen LogP contribution < -0.4 is 4.72 Å². The maximum Gasteiger partial charge on any atom is 0.246 e. The molecule has 0 radical (unpaired) electrons. The molecule has 2 aromatic rings. The van der Waals surface area contributed by atoms with E-state index in [1.54, 1.807) is 30.3 Å². The molecule has 128 valence electrons. The molecule has 0 heterocycles. The van der Waals surface area contributed by atoms with Gasteiger partial charge in [0.1, 0.15) is 17.2 Å². The number of sulfonamides is 1. The Hall–Kier alpha value is -1.83. The van der Waals surface area contributed by atoms with Crippen LogP contribution in [-0.4, -0.2) is 20.1 Å². The average molecular weight is 353 g/mol. The lowest BCUT2D eigenvalue weighted by atomic mass is 9.89. The summed E-state index contributed by atoms with van der Waals surface area (Å²) in [6.45, 7) is -0.349. The molecule has 0 bridgehead atoms. The molecule has 1 aliphatic rings. The van der Waals surface area contributed by atoms with Gasteiger partial charge in [-0.25, -0.2) is 21.9 Å². The molecule has 0 aromatic heterocycles. The first kappa shape index (κ1) is 17.0. The first-order chi connectivity index (χ1) is 11.3. The molecule has 4 nitrogen and oxygen atoms in total. The van der Waals surface area contributed by atoms with E-state index in [9.17, 15) is 22.3 Å². The van der Waals surface area contributed by atoms with E-state index in [0.717, 1.165) is 31.0 Å². The lowest BCUT2D eigenvalue weighted by Gasteiger charge is -2.29. The van der Waals surface area contributed by atoms with Gasteiger partial charge in [0.15, 0.2) is 4.90 Å². The normalized spacial score (nSPS) is 17.5. The van der Waals surface area contributed by atoms with E-state index in [-0.39, 0.29) is 12.5 Å². The number of aliphatic hydroxyl groups is 1. The summed E-state index contributed by atoms with van der Waals surface area (Å²) in [6.07, 6.45) is 1.53. The number of benzene rings is 2. The Morgan fingerprint density at radius 3 is 2.17 bits per heavy atom. The zero-order valence-corrected chi connectivity index (χ0v) is 13.6. The minimum atomic E-state index is -4.43. The zero-order chi connectivity index (χ0) is 17.4. The Morgan fingerprint density at radius 2 is 1.62 bits per heavy atom. The van der Waals surface area contributed by atoms with Crippen molar-refractivity contribution in [3.63, 3.8) is 0 Å². The molecule has 7 heteroatoms. The molecule has 2 N–H and O–H groups in total. The van der Waals surface area contributed by atoms with Crippen molar-refractivity contribution in [1.29, 1.82) is 0 Å². The predicted octanol–water partition coefficient (Wildman–Crippen LogP) is 2.54. The van der Waals surface area contributed by atoms with Crippen LogP contribution in [0.2, 0.25) is 0 Å². The molecule has 0 aliphatic heterocycles. The van der Waals surface area contributed by atoms with Gasteiger partial charge in [-0.1, -0.05) is 36.4 Å². The van der Waals surface area contributed by atoms with Crippen molar-refractivity contribution in [2.24, 2.45) is 5.92 Å². The van der Waals surface area contributed by atoms with E-state index in [0.29, 0.717) is 5.56 Å². The number of halogens is 2. The number of rotatable bonds is 6. The van der Waals surface area contributed by atoms with Crippen molar-refractivity contribution in [1.82, 2.24) is 4.72 Å². The second kappa shape index (κ2) is 6.23. The van der Waals surface area contributed by atoms with Crippen LogP contribution in [0.15, 0.2) is 53.4 Å². The highest BCUT2D eigenvalue weighted by Crippen LogP contribution is 2.45. The minimum Gasteiger partial charge on any atom is -0.383 e. The smallest absolute Gasteiger partial charge is 0.246 e. The quantitative estimate of drug-likeness (QED) is 0.839. The fraction of sp³-hybridized carbons (Fsp3) is 0.294. The van der Waals surface area contributed by atoms with Crippen LogP contribution in [0.1, 0.15) is 18.4 Å². The highest BCUT2D eigenvalue weighted by Gasteiger charge is 2.45. The summed E-state index contributed by atoms with van der Waals surface area (Å²) in [6, 6.07) is 11.5. The van der Waals surface area contributed by atoms with Crippen LogP contribution in [0.25, 0.3) is 0 Å². The predicted molar refractivity (Wildman–Crippen MR) is 84.6 cm³/mol. The molecule has 24 heavy (non-hydrogen) atoms. The third-order valence-electron chi connectivity index (χ3n) is 4.25. The summed E-state index contributed by atoms with van der Waals surface area (Å²) in [4.78, 5) is -1.03. The summed E-state index contributed by atoms with van der Waals surface area (Å²) < 4.78 is 54.2. The van der Waals surface area contributed by atoms with Gasteiger partial charge in [0.25, 0.3) is 0 Å². The fourth-order valence-corrected chi connectivity index (χ4v) is 3.99. The number of nitrogens with one attached hydrogen (secondary N) is 1. The summed E-state index contributed by atoms with van der Waals surface area (Å²) in [7, 11) is -4.43. The van der Waals surface area contributed by atoms with Crippen molar-refractivity contribution >= 4 is 10.0 Å². The van der Waals surface area contributed by atoms with Gasteiger partial charge < -0.3 is 5.11 Å². The Balaban J connectivity index is 1.88. The van der Waals surface area contributed by atoms with Crippen LogP contribution in [0, 0.1) is 17.6 Å². The molecule has 0 saturated heterocycles. The molecule has 1 fully saturated rings. The first-order valence-electron chi connectivity index (χ1n) is 7.56. The largest absolute Gasteiger partial charge is 0.383 e. The summed E-state index contributed by atoms with van der Waals surface area (Å²) >= 11 is 0. The van der Waals surface area contributed by atoms with Crippen molar-refractivity contribution in [3.8, 4) is 0 Å². The Bertz CT molecular complexity index is 818. The second-order valence-corrected chi connectivity index (χ2v) is 7.64. The molecule has 2 aromatic carbocycles. The van der Waals surface area contributed by atoms with Gasteiger partial charge in [0.05, 0.1) is 0 Å². The highest BCUT2D eigenvalue weighted by molar-refractivity contribution is 7.89. The van der Waals surface area contributed by atoms with Crippen LogP contribution in [0.5, 0.6) is 0 Å². The van der Waals surface area contributed by atoms with Crippen LogP contribution in [0.4, 0.5) is 8.78 Å². The Kier molecular flexibility index (Phi) is 4.42. The van der Waals surface area contributed by atoms with Crippen molar-refractivity contribution in [3.05, 3.63) is 65.7 Å². The fourth-order valence-electron chi connectivity index (χ4n) is 2.79. The molecule has 1 saturated carbocycles. The molecule has 1 unspecified atom stereocenters. The molecular weight excluding hydrogens is 336 g/mol. The standard InChI is InChI=1S/C17H17F2NO3S/c18-14-7-4-8-15(19)16(14)24(22,23)20-11-17(21,13-9-10-13)12-5-2-1-3-6-12/h1-8,13,20-21H,9-11H2. The summed E-state index contributed by atoms with van der Waals surface area (Å²) in [5, 5.41) is 11.0. The summed E-state index contributed by atoms with van der Waals surface area (Å²) in [5.41, 5.74) is -0.833. The van der Waals surface area contributed by atoms with Gasteiger partial charge in [0, 0.05) is 6.54 Å². The minimum absolute atomic E-state index is 0.0898.